The monoisotopic (exact) mass is 327 g/mol. The standard InChI is InChI=1S/C16H23BrFN/c1-10-5-4-6-16(11(10)2)19-12(3)13-7-8-15(18)14(17)9-13/h7-12,16,19H,4-6H2,1-3H3. The van der Waals surface area contributed by atoms with Crippen molar-refractivity contribution in [3.8, 4) is 0 Å². The van der Waals surface area contributed by atoms with E-state index >= 15 is 0 Å². The predicted molar refractivity (Wildman–Crippen MR) is 81.6 cm³/mol. The number of hydrogen-bond acceptors (Lipinski definition) is 1. The van der Waals surface area contributed by atoms with Gasteiger partial charge in [0.2, 0.25) is 0 Å². The minimum absolute atomic E-state index is 0.199. The van der Waals surface area contributed by atoms with Crippen LogP contribution in [0.25, 0.3) is 0 Å². The summed E-state index contributed by atoms with van der Waals surface area (Å²) >= 11 is 3.26. The van der Waals surface area contributed by atoms with E-state index in [0.717, 1.165) is 11.5 Å². The van der Waals surface area contributed by atoms with Gasteiger partial charge in [0.15, 0.2) is 0 Å². The van der Waals surface area contributed by atoms with Crippen molar-refractivity contribution >= 4 is 15.9 Å². The first-order valence-corrected chi connectivity index (χ1v) is 7.99. The van der Waals surface area contributed by atoms with Crippen molar-refractivity contribution in [2.75, 3.05) is 0 Å². The summed E-state index contributed by atoms with van der Waals surface area (Å²) in [6.07, 6.45) is 3.90. The van der Waals surface area contributed by atoms with E-state index in [-0.39, 0.29) is 11.9 Å². The van der Waals surface area contributed by atoms with E-state index in [0.29, 0.717) is 16.4 Å². The predicted octanol–water partition coefficient (Wildman–Crippen LogP) is 5.06. The summed E-state index contributed by atoms with van der Waals surface area (Å²) < 4.78 is 13.8. The molecule has 1 aliphatic carbocycles. The van der Waals surface area contributed by atoms with Crippen molar-refractivity contribution in [2.45, 2.75) is 52.1 Å². The van der Waals surface area contributed by atoms with Gasteiger partial charge in [0.05, 0.1) is 4.47 Å². The zero-order valence-corrected chi connectivity index (χ0v) is 13.5. The van der Waals surface area contributed by atoms with Crippen molar-refractivity contribution < 1.29 is 4.39 Å². The number of nitrogens with one attached hydrogen (secondary N) is 1. The summed E-state index contributed by atoms with van der Waals surface area (Å²) in [5, 5.41) is 3.72. The summed E-state index contributed by atoms with van der Waals surface area (Å²) in [7, 11) is 0. The van der Waals surface area contributed by atoms with Crippen LogP contribution in [0.3, 0.4) is 0 Å². The van der Waals surface area contributed by atoms with Crippen LogP contribution in [0.5, 0.6) is 0 Å². The summed E-state index contributed by atoms with van der Waals surface area (Å²) in [5.41, 5.74) is 1.14. The first-order valence-electron chi connectivity index (χ1n) is 7.20. The normalized spacial score (nSPS) is 29.2. The van der Waals surface area contributed by atoms with Gasteiger partial charge in [-0.05, 0) is 58.8 Å². The lowest BCUT2D eigenvalue weighted by Gasteiger charge is -2.36. The zero-order valence-electron chi connectivity index (χ0n) is 11.9. The highest BCUT2D eigenvalue weighted by Crippen LogP contribution is 2.31. The Hall–Kier alpha value is -0.410. The van der Waals surface area contributed by atoms with Crippen LogP contribution in [0.4, 0.5) is 4.39 Å². The largest absolute Gasteiger partial charge is 0.307 e. The van der Waals surface area contributed by atoms with Gasteiger partial charge < -0.3 is 5.32 Å². The van der Waals surface area contributed by atoms with Crippen LogP contribution >= 0.6 is 15.9 Å². The first kappa shape index (κ1) is 15.0. The van der Waals surface area contributed by atoms with Crippen LogP contribution in [-0.2, 0) is 0 Å². The van der Waals surface area contributed by atoms with E-state index in [1.165, 1.54) is 25.3 Å². The van der Waals surface area contributed by atoms with Crippen molar-refractivity contribution in [1.29, 1.82) is 0 Å². The van der Waals surface area contributed by atoms with Crippen molar-refractivity contribution in [3.63, 3.8) is 0 Å². The maximum absolute atomic E-state index is 13.3. The molecule has 0 saturated heterocycles. The van der Waals surface area contributed by atoms with Gasteiger partial charge in [-0.25, -0.2) is 4.39 Å². The van der Waals surface area contributed by atoms with E-state index < -0.39 is 0 Å². The van der Waals surface area contributed by atoms with Gasteiger partial charge in [-0.1, -0.05) is 32.8 Å². The van der Waals surface area contributed by atoms with Crippen molar-refractivity contribution in [3.05, 3.63) is 34.1 Å². The van der Waals surface area contributed by atoms with Crippen LogP contribution in [0.15, 0.2) is 22.7 Å². The molecular formula is C16H23BrFN. The van der Waals surface area contributed by atoms with Crippen LogP contribution in [0.2, 0.25) is 0 Å². The molecule has 1 aromatic carbocycles. The molecule has 1 nitrogen and oxygen atoms in total. The molecule has 1 aliphatic rings. The van der Waals surface area contributed by atoms with Crippen LogP contribution in [0, 0.1) is 17.7 Å². The van der Waals surface area contributed by atoms with E-state index in [4.69, 9.17) is 0 Å². The molecule has 4 atom stereocenters. The maximum atomic E-state index is 13.3. The molecule has 0 spiro atoms. The maximum Gasteiger partial charge on any atom is 0.137 e. The smallest absolute Gasteiger partial charge is 0.137 e. The number of benzene rings is 1. The van der Waals surface area contributed by atoms with E-state index in [1.807, 2.05) is 12.1 Å². The van der Waals surface area contributed by atoms with Gasteiger partial charge in [-0.2, -0.15) is 0 Å². The molecule has 3 heteroatoms. The first-order chi connectivity index (χ1) is 8.99. The third kappa shape index (κ3) is 3.57. The number of hydrogen-bond donors (Lipinski definition) is 1. The Morgan fingerprint density at radius 3 is 2.74 bits per heavy atom. The van der Waals surface area contributed by atoms with E-state index in [1.54, 1.807) is 0 Å². The second-order valence-electron chi connectivity index (χ2n) is 5.94. The van der Waals surface area contributed by atoms with Crippen LogP contribution in [0.1, 0.15) is 51.6 Å². The number of halogens is 2. The highest BCUT2D eigenvalue weighted by atomic mass is 79.9. The average molecular weight is 328 g/mol. The summed E-state index contributed by atoms with van der Waals surface area (Å²) in [6, 6.07) is 6.11. The fourth-order valence-corrected chi connectivity index (χ4v) is 3.41. The molecule has 0 amide bonds. The fraction of sp³-hybridized carbons (Fsp3) is 0.625. The Morgan fingerprint density at radius 2 is 2.05 bits per heavy atom. The van der Waals surface area contributed by atoms with Gasteiger partial charge in [-0.3, -0.25) is 0 Å². The SMILES string of the molecule is CC(NC1CCCC(C)C1C)c1ccc(F)c(Br)c1. The second kappa shape index (κ2) is 6.36. The summed E-state index contributed by atoms with van der Waals surface area (Å²) in [5.74, 6) is 1.30. The summed E-state index contributed by atoms with van der Waals surface area (Å²) in [6.45, 7) is 6.85. The Morgan fingerprint density at radius 1 is 1.32 bits per heavy atom. The highest BCUT2D eigenvalue weighted by Gasteiger charge is 2.27. The molecule has 1 aromatic rings. The second-order valence-corrected chi connectivity index (χ2v) is 6.79. The zero-order chi connectivity index (χ0) is 14.0. The molecule has 0 heterocycles. The van der Waals surface area contributed by atoms with E-state index in [2.05, 4.69) is 42.0 Å². The minimum Gasteiger partial charge on any atom is -0.307 e. The van der Waals surface area contributed by atoms with E-state index in [9.17, 15) is 4.39 Å². The number of rotatable bonds is 3. The molecule has 4 unspecified atom stereocenters. The van der Waals surface area contributed by atoms with Gasteiger partial charge in [0.1, 0.15) is 5.82 Å². The van der Waals surface area contributed by atoms with Gasteiger partial charge in [-0.15, -0.1) is 0 Å². The third-order valence-corrected chi connectivity index (χ3v) is 5.22. The molecule has 1 fully saturated rings. The molecule has 0 aromatic heterocycles. The van der Waals surface area contributed by atoms with Gasteiger partial charge in [0, 0.05) is 12.1 Å². The quantitative estimate of drug-likeness (QED) is 0.817. The highest BCUT2D eigenvalue weighted by molar-refractivity contribution is 9.10. The average Bonchev–Trinajstić information content (AvgIpc) is 2.38. The topological polar surface area (TPSA) is 12.0 Å². The minimum atomic E-state index is -0.199. The molecule has 106 valence electrons. The van der Waals surface area contributed by atoms with Crippen LogP contribution in [-0.4, -0.2) is 6.04 Å². The Bertz CT molecular complexity index is 435. The molecule has 1 N–H and O–H groups in total. The Balaban J connectivity index is 2.03. The Labute approximate surface area is 124 Å². The molecule has 2 rings (SSSR count). The Kier molecular flexibility index (Phi) is 5.02. The van der Waals surface area contributed by atoms with Crippen molar-refractivity contribution in [2.24, 2.45) is 11.8 Å². The summed E-state index contributed by atoms with van der Waals surface area (Å²) in [4.78, 5) is 0. The molecular weight excluding hydrogens is 305 g/mol. The molecule has 0 aliphatic heterocycles. The van der Waals surface area contributed by atoms with Gasteiger partial charge >= 0.3 is 0 Å². The third-order valence-electron chi connectivity index (χ3n) is 4.61. The van der Waals surface area contributed by atoms with Crippen molar-refractivity contribution in [1.82, 2.24) is 5.32 Å². The van der Waals surface area contributed by atoms with Crippen LogP contribution < -0.4 is 5.32 Å². The molecule has 0 radical (unpaired) electrons. The molecule has 19 heavy (non-hydrogen) atoms. The van der Waals surface area contributed by atoms with Gasteiger partial charge in [0.25, 0.3) is 0 Å². The fourth-order valence-electron chi connectivity index (χ4n) is 3.02. The lowest BCUT2D eigenvalue weighted by atomic mass is 9.77. The molecule has 1 saturated carbocycles. The lowest BCUT2D eigenvalue weighted by molar-refractivity contribution is 0.196. The molecule has 0 bridgehead atoms. The lowest BCUT2D eigenvalue weighted by Crippen LogP contribution is -2.41.